The van der Waals surface area contributed by atoms with Crippen LogP contribution in [-0.2, 0) is 14.3 Å². The molecule has 1 aromatic rings. The molecule has 130 valence electrons. The Morgan fingerprint density at radius 2 is 2.04 bits per heavy atom. The van der Waals surface area contributed by atoms with E-state index in [2.05, 4.69) is 24.3 Å². The monoisotopic (exact) mass is 365 g/mol. The third-order valence-corrected chi connectivity index (χ3v) is 5.66. The molecule has 0 spiro atoms. The molecule has 0 bridgehead atoms. The number of hydrogen-bond donors (Lipinski definition) is 0. The van der Waals surface area contributed by atoms with Gasteiger partial charge in [-0.3, -0.25) is 14.5 Å². The molecule has 4 nitrogen and oxygen atoms in total. The zero-order valence-corrected chi connectivity index (χ0v) is 15.9. The van der Waals surface area contributed by atoms with Crippen molar-refractivity contribution in [3.63, 3.8) is 0 Å². The van der Waals surface area contributed by atoms with E-state index < -0.39 is 0 Å². The second-order valence-corrected chi connectivity index (χ2v) is 7.62. The van der Waals surface area contributed by atoms with E-state index in [-0.39, 0.29) is 23.7 Å². The van der Waals surface area contributed by atoms with Crippen molar-refractivity contribution < 1.29 is 14.3 Å². The number of nitrogens with zero attached hydrogens (tertiary/aromatic N) is 1. The van der Waals surface area contributed by atoms with Crippen LogP contribution in [0.15, 0.2) is 24.3 Å². The number of ether oxygens (including phenoxy) is 1. The van der Waals surface area contributed by atoms with E-state index >= 15 is 0 Å². The zero-order chi connectivity index (χ0) is 17.7. The number of likely N-dealkylation sites (tertiary alicyclic amines) is 1. The Labute approximate surface area is 152 Å². The molecule has 1 aromatic carbocycles. The summed E-state index contributed by atoms with van der Waals surface area (Å²) in [6.45, 7) is 6.38. The minimum absolute atomic E-state index is 0.0956. The van der Waals surface area contributed by atoms with Gasteiger partial charge in [0, 0.05) is 25.6 Å². The number of carbonyl (C=O) groups is 2. The smallest absolute Gasteiger partial charge is 0.229 e. The maximum Gasteiger partial charge on any atom is 0.229 e. The van der Waals surface area contributed by atoms with E-state index in [1.54, 1.807) is 0 Å². The van der Waals surface area contributed by atoms with Gasteiger partial charge in [-0.05, 0) is 43.5 Å². The summed E-state index contributed by atoms with van der Waals surface area (Å²) in [6, 6.07) is 8.28. The van der Waals surface area contributed by atoms with Gasteiger partial charge in [-0.15, -0.1) is 0 Å². The summed E-state index contributed by atoms with van der Waals surface area (Å²) in [7, 11) is 0. The second-order valence-electron chi connectivity index (χ2n) is 6.00. The third kappa shape index (κ3) is 4.80. The van der Waals surface area contributed by atoms with Crippen molar-refractivity contribution in [2.75, 3.05) is 18.9 Å². The number of imide groups is 1. The van der Waals surface area contributed by atoms with E-state index in [1.807, 2.05) is 13.8 Å². The number of aryl methyl sites for hydroxylation is 1. The molecule has 0 radical (unpaired) electrons. The van der Waals surface area contributed by atoms with Gasteiger partial charge in [0.2, 0.25) is 16.2 Å². The molecule has 2 amide bonds. The SMILES string of the molecule is CCOC(=S)SC[C@@H]1CN(C(C)=O)C(=O)C[C@H]1c1ccc(C)cc1. The molecule has 0 unspecified atom stereocenters. The largest absolute Gasteiger partial charge is 0.479 e. The fourth-order valence-electron chi connectivity index (χ4n) is 2.94. The van der Waals surface area contributed by atoms with Gasteiger partial charge in [0.05, 0.1) is 6.61 Å². The highest BCUT2D eigenvalue weighted by Crippen LogP contribution is 2.36. The molecular formula is C18H23NO3S2. The lowest BCUT2D eigenvalue weighted by atomic mass is 9.81. The van der Waals surface area contributed by atoms with Crippen molar-refractivity contribution in [1.29, 1.82) is 0 Å². The molecule has 0 saturated carbocycles. The van der Waals surface area contributed by atoms with Gasteiger partial charge in [0.1, 0.15) is 0 Å². The molecule has 1 fully saturated rings. The Bertz CT molecular complexity index is 615. The van der Waals surface area contributed by atoms with Crippen LogP contribution in [0.3, 0.4) is 0 Å². The molecule has 6 heteroatoms. The van der Waals surface area contributed by atoms with Crippen LogP contribution in [0.2, 0.25) is 0 Å². The van der Waals surface area contributed by atoms with Crippen LogP contribution in [-0.4, -0.2) is 40.0 Å². The third-order valence-electron chi connectivity index (χ3n) is 4.24. The highest BCUT2D eigenvalue weighted by molar-refractivity contribution is 8.22. The van der Waals surface area contributed by atoms with Crippen LogP contribution in [0.25, 0.3) is 0 Å². The standard InChI is InChI=1S/C18H23NO3S2/c1-4-22-18(23)24-11-15-10-19(13(3)20)17(21)9-16(15)14-7-5-12(2)6-8-14/h5-8,15-16H,4,9-11H2,1-3H3/t15-,16-/m0/s1. The van der Waals surface area contributed by atoms with Gasteiger partial charge in [0.25, 0.3) is 0 Å². The Morgan fingerprint density at radius 3 is 2.62 bits per heavy atom. The number of benzene rings is 1. The molecule has 1 heterocycles. The highest BCUT2D eigenvalue weighted by atomic mass is 32.2. The molecule has 1 saturated heterocycles. The van der Waals surface area contributed by atoms with Gasteiger partial charge >= 0.3 is 0 Å². The molecule has 0 N–H and O–H groups in total. The van der Waals surface area contributed by atoms with Crippen molar-refractivity contribution in [3.8, 4) is 0 Å². The van der Waals surface area contributed by atoms with Gasteiger partial charge in [-0.2, -0.15) is 0 Å². The van der Waals surface area contributed by atoms with Gasteiger partial charge < -0.3 is 4.74 Å². The normalized spacial score (nSPS) is 20.8. The van der Waals surface area contributed by atoms with Crippen molar-refractivity contribution in [2.24, 2.45) is 5.92 Å². The summed E-state index contributed by atoms with van der Waals surface area (Å²) in [5.74, 6) is 0.712. The molecule has 2 rings (SSSR count). The molecule has 1 aliphatic heterocycles. The van der Waals surface area contributed by atoms with Gasteiger partial charge in [0.15, 0.2) is 0 Å². The highest BCUT2D eigenvalue weighted by Gasteiger charge is 2.36. The van der Waals surface area contributed by atoms with Crippen molar-refractivity contribution in [1.82, 2.24) is 4.90 Å². The van der Waals surface area contributed by atoms with Gasteiger partial charge in [-0.25, -0.2) is 0 Å². The molecule has 0 aliphatic carbocycles. The van der Waals surface area contributed by atoms with Crippen LogP contribution >= 0.6 is 24.0 Å². The average Bonchev–Trinajstić information content (AvgIpc) is 2.54. The number of piperidine rings is 1. The van der Waals surface area contributed by atoms with Crippen LogP contribution < -0.4 is 0 Å². The summed E-state index contributed by atoms with van der Waals surface area (Å²) in [6.07, 6.45) is 0.356. The first-order chi connectivity index (χ1) is 11.4. The van der Waals surface area contributed by atoms with Crippen LogP contribution in [0, 0.1) is 12.8 Å². The lowest BCUT2D eigenvalue weighted by Gasteiger charge is -2.37. The van der Waals surface area contributed by atoms with E-state index in [9.17, 15) is 9.59 Å². The van der Waals surface area contributed by atoms with Crippen molar-refractivity contribution in [2.45, 2.75) is 33.1 Å². The summed E-state index contributed by atoms with van der Waals surface area (Å²) in [5, 5.41) is 0. The quantitative estimate of drug-likeness (QED) is 0.764. The fraction of sp³-hybridized carbons (Fsp3) is 0.500. The Morgan fingerprint density at radius 1 is 1.38 bits per heavy atom. The number of rotatable bonds is 4. The van der Waals surface area contributed by atoms with Crippen LogP contribution in [0.1, 0.15) is 37.3 Å². The van der Waals surface area contributed by atoms with Crippen molar-refractivity contribution >= 4 is 40.2 Å². The zero-order valence-electron chi connectivity index (χ0n) is 14.3. The summed E-state index contributed by atoms with van der Waals surface area (Å²) in [5.41, 5.74) is 2.33. The molecule has 24 heavy (non-hydrogen) atoms. The lowest BCUT2D eigenvalue weighted by Crippen LogP contribution is -2.46. The van der Waals surface area contributed by atoms with Crippen molar-refractivity contribution in [3.05, 3.63) is 35.4 Å². The summed E-state index contributed by atoms with van der Waals surface area (Å²) in [4.78, 5) is 25.4. The van der Waals surface area contributed by atoms with Gasteiger partial charge in [-0.1, -0.05) is 41.6 Å². The Balaban J connectivity index is 2.17. The first kappa shape index (κ1) is 18.9. The number of amides is 2. The predicted octanol–water partition coefficient (Wildman–Crippen LogP) is 3.53. The molecule has 0 aromatic heterocycles. The maximum absolute atomic E-state index is 12.3. The Hall–Kier alpha value is -1.40. The summed E-state index contributed by atoms with van der Waals surface area (Å²) >= 11 is 6.68. The van der Waals surface area contributed by atoms with E-state index in [1.165, 1.54) is 29.1 Å². The lowest BCUT2D eigenvalue weighted by molar-refractivity contribution is -0.147. The Kier molecular flexibility index (Phi) is 6.80. The molecule has 2 atom stereocenters. The minimum atomic E-state index is -0.190. The number of thiocarbonyl (C=S) groups is 1. The average molecular weight is 366 g/mol. The number of thioether (sulfide) groups is 1. The first-order valence-corrected chi connectivity index (χ1v) is 9.48. The minimum Gasteiger partial charge on any atom is -0.479 e. The first-order valence-electron chi connectivity index (χ1n) is 8.09. The topological polar surface area (TPSA) is 46.6 Å². The number of hydrogen-bond acceptors (Lipinski definition) is 5. The summed E-state index contributed by atoms with van der Waals surface area (Å²) < 4.78 is 5.85. The fourth-order valence-corrected chi connectivity index (χ4v) is 4.15. The van der Waals surface area contributed by atoms with E-state index in [0.29, 0.717) is 24.0 Å². The number of carbonyl (C=O) groups excluding carboxylic acids is 2. The molecule has 1 aliphatic rings. The van der Waals surface area contributed by atoms with Crippen LogP contribution in [0.5, 0.6) is 0 Å². The predicted molar refractivity (Wildman–Crippen MR) is 101 cm³/mol. The second kappa shape index (κ2) is 8.62. The van der Waals surface area contributed by atoms with E-state index in [4.69, 9.17) is 17.0 Å². The molecular weight excluding hydrogens is 342 g/mol. The maximum atomic E-state index is 12.3. The van der Waals surface area contributed by atoms with Crippen LogP contribution in [0.4, 0.5) is 0 Å². The van der Waals surface area contributed by atoms with E-state index in [0.717, 1.165) is 11.3 Å².